The first-order valence-corrected chi connectivity index (χ1v) is 7.52. The van der Waals surface area contributed by atoms with Gasteiger partial charge in [-0.1, -0.05) is 11.6 Å². The summed E-state index contributed by atoms with van der Waals surface area (Å²) in [6, 6.07) is 9.57. The molecule has 0 radical (unpaired) electrons. The number of hydrogen-bond acceptors (Lipinski definition) is 4. The van der Waals surface area contributed by atoms with Gasteiger partial charge in [-0.2, -0.15) is 0 Å². The maximum atomic E-state index is 12.8. The van der Waals surface area contributed by atoms with Gasteiger partial charge in [0.05, 0.1) is 22.2 Å². The summed E-state index contributed by atoms with van der Waals surface area (Å²) in [5.74, 6) is -0.561. The molecule has 0 bridgehead atoms. The highest BCUT2D eigenvalue weighted by Gasteiger charge is 2.30. The van der Waals surface area contributed by atoms with Crippen molar-refractivity contribution in [3.8, 4) is 5.69 Å². The topological polar surface area (TPSA) is 81.1 Å². The van der Waals surface area contributed by atoms with Crippen LogP contribution in [0.3, 0.4) is 0 Å². The number of anilines is 1. The third-order valence-electron chi connectivity index (χ3n) is 3.84. The Labute approximate surface area is 140 Å². The van der Waals surface area contributed by atoms with Crippen LogP contribution >= 0.6 is 11.6 Å². The average Bonchev–Trinajstić information content (AvgIpc) is 2.80. The number of carbonyl (C=O) groups excluding carboxylic acids is 2. The number of benzene rings is 2. The SMILES string of the molecule is CC(=O)Nc1ccc2c(c1)C(=O)c1nc3cc(Cl)ccc3c(=O)n1-2. The summed E-state index contributed by atoms with van der Waals surface area (Å²) < 4.78 is 1.30. The van der Waals surface area contributed by atoms with Gasteiger partial charge in [-0.25, -0.2) is 4.98 Å². The third kappa shape index (κ3) is 2.04. The summed E-state index contributed by atoms with van der Waals surface area (Å²) in [7, 11) is 0. The van der Waals surface area contributed by atoms with Crippen LogP contribution in [0.2, 0.25) is 5.02 Å². The van der Waals surface area contributed by atoms with E-state index < -0.39 is 0 Å². The molecule has 0 aliphatic carbocycles. The van der Waals surface area contributed by atoms with Crippen molar-refractivity contribution in [2.24, 2.45) is 0 Å². The zero-order valence-corrected chi connectivity index (χ0v) is 13.2. The van der Waals surface area contributed by atoms with E-state index in [1.54, 1.807) is 36.4 Å². The first-order chi connectivity index (χ1) is 11.5. The second kappa shape index (κ2) is 5.01. The highest BCUT2D eigenvalue weighted by molar-refractivity contribution is 6.31. The standard InChI is InChI=1S/C17H10ClN3O3/c1-8(22)19-10-3-5-14-12(7-10)15(23)16-20-13-6-9(18)2-4-11(13)17(24)21(14)16/h2-7H,1H3,(H,19,22). The molecule has 1 aliphatic rings. The molecule has 1 aliphatic heterocycles. The van der Waals surface area contributed by atoms with Crippen LogP contribution in [0.1, 0.15) is 23.1 Å². The number of carbonyl (C=O) groups is 2. The van der Waals surface area contributed by atoms with Gasteiger partial charge in [0.2, 0.25) is 11.7 Å². The number of nitrogens with zero attached hydrogens (tertiary/aromatic N) is 2. The molecular weight excluding hydrogens is 330 g/mol. The monoisotopic (exact) mass is 339 g/mol. The lowest BCUT2D eigenvalue weighted by Gasteiger charge is -2.07. The van der Waals surface area contributed by atoms with Gasteiger partial charge in [-0.05, 0) is 36.4 Å². The molecule has 4 rings (SSSR count). The summed E-state index contributed by atoms with van der Waals surface area (Å²) in [5, 5.41) is 3.44. The van der Waals surface area contributed by atoms with Gasteiger partial charge in [0.25, 0.3) is 5.56 Å². The Balaban J connectivity index is 1.99. The van der Waals surface area contributed by atoms with E-state index in [-0.39, 0.29) is 23.1 Å². The molecule has 0 saturated heterocycles. The van der Waals surface area contributed by atoms with E-state index in [0.29, 0.717) is 32.9 Å². The number of fused-ring (bicyclic) bond motifs is 4. The van der Waals surface area contributed by atoms with E-state index in [2.05, 4.69) is 10.3 Å². The largest absolute Gasteiger partial charge is 0.326 e. The molecule has 0 atom stereocenters. The van der Waals surface area contributed by atoms with Crippen molar-refractivity contribution >= 4 is 39.9 Å². The molecule has 2 heterocycles. The van der Waals surface area contributed by atoms with Crippen molar-refractivity contribution in [1.29, 1.82) is 0 Å². The van der Waals surface area contributed by atoms with Crippen LogP contribution in [0.5, 0.6) is 0 Å². The predicted molar refractivity (Wildman–Crippen MR) is 90.1 cm³/mol. The smallest absolute Gasteiger partial charge is 0.266 e. The van der Waals surface area contributed by atoms with Crippen molar-refractivity contribution in [3.63, 3.8) is 0 Å². The maximum Gasteiger partial charge on any atom is 0.266 e. The minimum atomic E-state index is -0.365. The van der Waals surface area contributed by atoms with Crippen LogP contribution in [-0.2, 0) is 4.79 Å². The van der Waals surface area contributed by atoms with Crippen molar-refractivity contribution in [1.82, 2.24) is 9.55 Å². The molecule has 1 aromatic heterocycles. The maximum absolute atomic E-state index is 12.8. The molecule has 24 heavy (non-hydrogen) atoms. The van der Waals surface area contributed by atoms with Gasteiger partial charge >= 0.3 is 0 Å². The van der Waals surface area contributed by atoms with Crippen LogP contribution in [0, 0.1) is 0 Å². The van der Waals surface area contributed by atoms with Gasteiger partial charge in [-0.15, -0.1) is 0 Å². The van der Waals surface area contributed by atoms with E-state index in [1.165, 1.54) is 11.5 Å². The minimum absolute atomic E-state index is 0.0461. The molecule has 7 heteroatoms. The minimum Gasteiger partial charge on any atom is -0.326 e. The summed E-state index contributed by atoms with van der Waals surface area (Å²) in [5.41, 5.74) is 1.32. The van der Waals surface area contributed by atoms with Crippen LogP contribution < -0.4 is 10.9 Å². The number of aromatic nitrogens is 2. The van der Waals surface area contributed by atoms with Gasteiger partial charge < -0.3 is 5.32 Å². The second-order valence-electron chi connectivity index (χ2n) is 5.48. The van der Waals surface area contributed by atoms with E-state index in [4.69, 9.17) is 11.6 Å². The Kier molecular flexibility index (Phi) is 3.04. The van der Waals surface area contributed by atoms with E-state index in [1.807, 2.05) is 0 Å². The van der Waals surface area contributed by atoms with Gasteiger partial charge in [0.1, 0.15) is 0 Å². The fourth-order valence-electron chi connectivity index (χ4n) is 2.85. The number of halogens is 1. The summed E-state index contributed by atoms with van der Waals surface area (Å²) >= 11 is 5.94. The molecule has 1 N–H and O–H groups in total. The highest BCUT2D eigenvalue weighted by Crippen LogP contribution is 2.29. The zero-order valence-electron chi connectivity index (χ0n) is 12.5. The van der Waals surface area contributed by atoms with Crippen molar-refractivity contribution < 1.29 is 9.59 Å². The lowest BCUT2D eigenvalue weighted by Crippen LogP contribution is -2.21. The van der Waals surface area contributed by atoms with Crippen molar-refractivity contribution in [2.75, 3.05) is 5.32 Å². The lowest BCUT2D eigenvalue weighted by atomic mass is 10.1. The molecular formula is C17H10ClN3O3. The highest BCUT2D eigenvalue weighted by atomic mass is 35.5. The molecule has 0 unspecified atom stereocenters. The number of amides is 1. The molecule has 0 fully saturated rings. The van der Waals surface area contributed by atoms with Crippen molar-refractivity contribution in [3.05, 3.63) is 63.2 Å². The van der Waals surface area contributed by atoms with E-state index in [0.717, 1.165) is 0 Å². The van der Waals surface area contributed by atoms with Gasteiger partial charge in [0, 0.05) is 17.6 Å². The normalized spacial score (nSPS) is 12.2. The summed E-state index contributed by atoms with van der Waals surface area (Å²) in [6.07, 6.45) is 0. The van der Waals surface area contributed by atoms with E-state index in [9.17, 15) is 14.4 Å². The summed E-state index contributed by atoms with van der Waals surface area (Å²) in [4.78, 5) is 40.9. The Hall–Kier alpha value is -2.99. The first kappa shape index (κ1) is 14.6. The van der Waals surface area contributed by atoms with Crippen LogP contribution in [0.25, 0.3) is 16.6 Å². The molecule has 2 aromatic carbocycles. The van der Waals surface area contributed by atoms with E-state index >= 15 is 0 Å². The number of ketones is 1. The fraction of sp³-hybridized carbons (Fsp3) is 0.0588. The van der Waals surface area contributed by atoms with Crippen LogP contribution in [-0.4, -0.2) is 21.2 Å². The Morgan fingerprint density at radius 2 is 1.96 bits per heavy atom. The Morgan fingerprint density at radius 3 is 2.71 bits per heavy atom. The predicted octanol–water partition coefficient (Wildman–Crippen LogP) is 2.54. The number of nitrogens with one attached hydrogen (secondary N) is 1. The Bertz CT molecular complexity index is 1120. The zero-order chi connectivity index (χ0) is 17.0. The first-order valence-electron chi connectivity index (χ1n) is 7.15. The lowest BCUT2D eigenvalue weighted by molar-refractivity contribution is -0.114. The van der Waals surface area contributed by atoms with Gasteiger partial charge in [0.15, 0.2) is 5.82 Å². The molecule has 118 valence electrons. The van der Waals surface area contributed by atoms with Crippen LogP contribution in [0.15, 0.2) is 41.2 Å². The summed E-state index contributed by atoms with van der Waals surface area (Å²) in [6.45, 7) is 1.38. The molecule has 6 nitrogen and oxygen atoms in total. The molecule has 0 saturated carbocycles. The van der Waals surface area contributed by atoms with Crippen molar-refractivity contribution in [2.45, 2.75) is 6.92 Å². The third-order valence-corrected chi connectivity index (χ3v) is 4.07. The number of hydrogen-bond donors (Lipinski definition) is 1. The number of rotatable bonds is 1. The Morgan fingerprint density at radius 1 is 1.17 bits per heavy atom. The average molecular weight is 340 g/mol. The second-order valence-corrected chi connectivity index (χ2v) is 5.92. The van der Waals surface area contributed by atoms with Crippen LogP contribution in [0.4, 0.5) is 5.69 Å². The fourth-order valence-corrected chi connectivity index (χ4v) is 3.02. The molecule has 0 spiro atoms. The molecule has 3 aromatic rings. The quantitative estimate of drug-likeness (QED) is 0.578. The van der Waals surface area contributed by atoms with Gasteiger partial charge in [-0.3, -0.25) is 19.0 Å². The molecule has 1 amide bonds.